The minimum Gasteiger partial charge on any atom is -0.497 e. The van der Waals surface area contributed by atoms with Crippen LogP contribution < -0.4 is 14.9 Å². The molecule has 0 unspecified atom stereocenters. The summed E-state index contributed by atoms with van der Waals surface area (Å²) in [6.45, 7) is 1.77. The number of nitrogens with one attached hydrogen (secondary N) is 1. The molecule has 0 radical (unpaired) electrons. The first kappa shape index (κ1) is 13.0. The predicted molar refractivity (Wildman–Crippen MR) is 71.7 cm³/mol. The molecule has 1 heterocycles. The Kier molecular flexibility index (Phi) is 3.43. The summed E-state index contributed by atoms with van der Waals surface area (Å²) in [5.41, 5.74) is 1.62. The van der Waals surface area contributed by atoms with Crippen LogP contribution in [0.1, 0.15) is 11.3 Å². The Bertz CT molecular complexity index is 726. The second-order valence-electron chi connectivity index (χ2n) is 4.14. The second-order valence-corrected chi connectivity index (χ2v) is 4.14. The summed E-state index contributed by atoms with van der Waals surface area (Å²) in [6, 6.07) is 5.36. The molecular formula is C14H14N2O3. The molecule has 1 aromatic carbocycles. The van der Waals surface area contributed by atoms with E-state index >= 15 is 0 Å². The van der Waals surface area contributed by atoms with Crippen molar-refractivity contribution in [2.24, 2.45) is 0 Å². The third-order valence-corrected chi connectivity index (χ3v) is 3.07. The van der Waals surface area contributed by atoms with Crippen molar-refractivity contribution in [3.63, 3.8) is 0 Å². The van der Waals surface area contributed by atoms with Gasteiger partial charge < -0.3 is 14.5 Å². The topological polar surface area (TPSA) is 75.1 Å². The Labute approximate surface area is 110 Å². The van der Waals surface area contributed by atoms with E-state index < -0.39 is 0 Å². The lowest BCUT2D eigenvalue weighted by atomic mass is 10.1. The number of aromatic amines is 1. The number of hydrogen-bond donors (Lipinski definition) is 1. The van der Waals surface area contributed by atoms with Gasteiger partial charge in [-0.3, -0.25) is 4.79 Å². The molecule has 0 fully saturated rings. The number of nitriles is 1. The number of benzene rings is 1. The quantitative estimate of drug-likeness (QED) is 0.912. The van der Waals surface area contributed by atoms with Crippen molar-refractivity contribution in [3.8, 4) is 17.6 Å². The summed E-state index contributed by atoms with van der Waals surface area (Å²) >= 11 is 0. The van der Waals surface area contributed by atoms with Gasteiger partial charge >= 0.3 is 0 Å². The van der Waals surface area contributed by atoms with E-state index in [0.29, 0.717) is 33.7 Å². The normalized spacial score (nSPS) is 10.2. The van der Waals surface area contributed by atoms with Gasteiger partial charge in [0.05, 0.1) is 37.6 Å². The van der Waals surface area contributed by atoms with Crippen molar-refractivity contribution in [3.05, 3.63) is 33.6 Å². The van der Waals surface area contributed by atoms with Crippen LogP contribution in [0.15, 0.2) is 16.9 Å². The Morgan fingerprint density at radius 3 is 2.63 bits per heavy atom. The molecule has 0 aliphatic heterocycles. The van der Waals surface area contributed by atoms with Crippen LogP contribution >= 0.6 is 0 Å². The number of fused-ring (bicyclic) bond motifs is 1. The van der Waals surface area contributed by atoms with Gasteiger partial charge in [-0.15, -0.1) is 0 Å². The van der Waals surface area contributed by atoms with Crippen LogP contribution in [0.5, 0.6) is 11.5 Å². The number of methoxy groups -OCH3 is 2. The average molecular weight is 258 g/mol. The van der Waals surface area contributed by atoms with Crippen molar-refractivity contribution in [1.82, 2.24) is 4.98 Å². The molecule has 0 aliphatic carbocycles. The third-order valence-electron chi connectivity index (χ3n) is 3.07. The molecule has 5 nitrogen and oxygen atoms in total. The van der Waals surface area contributed by atoms with Gasteiger partial charge in [0, 0.05) is 17.3 Å². The predicted octanol–water partition coefficient (Wildman–Crippen LogP) is 1.92. The van der Waals surface area contributed by atoms with E-state index in [4.69, 9.17) is 14.7 Å². The number of hydrogen-bond acceptors (Lipinski definition) is 4. The number of ether oxygens (including phenoxy) is 2. The third kappa shape index (κ3) is 2.13. The lowest BCUT2D eigenvalue weighted by Crippen LogP contribution is -2.13. The summed E-state index contributed by atoms with van der Waals surface area (Å²) < 4.78 is 10.4. The number of rotatable bonds is 3. The van der Waals surface area contributed by atoms with Crippen LogP contribution in [0.2, 0.25) is 0 Å². The van der Waals surface area contributed by atoms with Gasteiger partial charge in [-0.25, -0.2) is 0 Å². The van der Waals surface area contributed by atoms with Gasteiger partial charge in [-0.05, 0) is 13.0 Å². The van der Waals surface area contributed by atoms with Gasteiger partial charge in [0.2, 0.25) is 0 Å². The maximum absolute atomic E-state index is 12.4. The minimum atomic E-state index is -0.162. The summed E-state index contributed by atoms with van der Waals surface area (Å²) in [7, 11) is 3.06. The Balaban J connectivity index is 2.89. The lowest BCUT2D eigenvalue weighted by Gasteiger charge is -2.11. The summed E-state index contributed by atoms with van der Waals surface area (Å²) in [5.74, 6) is 1.08. The first-order valence-corrected chi connectivity index (χ1v) is 5.76. The van der Waals surface area contributed by atoms with Crippen molar-refractivity contribution in [2.45, 2.75) is 13.3 Å². The highest BCUT2D eigenvalue weighted by atomic mass is 16.5. The monoisotopic (exact) mass is 258 g/mol. The van der Waals surface area contributed by atoms with Crippen LogP contribution in [-0.2, 0) is 6.42 Å². The summed E-state index contributed by atoms with van der Waals surface area (Å²) in [5, 5.41) is 9.25. The summed E-state index contributed by atoms with van der Waals surface area (Å²) in [4.78, 5) is 15.5. The molecule has 0 saturated heterocycles. The molecule has 5 heteroatoms. The number of nitrogens with zero attached hydrogens (tertiary/aromatic N) is 1. The summed E-state index contributed by atoms with van der Waals surface area (Å²) in [6.07, 6.45) is 0.0800. The molecule has 98 valence electrons. The highest BCUT2D eigenvalue weighted by molar-refractivity contribution is 5.87. The maximum Gasteiger partial charge on any atom is 0.194 e. The second kappa shape index (κ2) is 5.02. The SMILES string of the molecule is COc1cc(OC)c2[nH]c(C)c(CC#N)c(=O)c2c1. The molecule has 0 saturated carbocycles. The number of aromatic nitrogens is 1. The van der Waals surface area contributed by atoms with Crippen molar-refractivity contribution < 1.29 is 9.47 Å². The molecular weight excluding hydrogens is 244 g/mol. The van der Waals surface area contributed by atoms with Crippen molar-refractivity contribution in [2.75, 3.05) is 14.2 Å². The number of H-pyrrole nitrogens is 1. The lowest BCUT2D eigenvalue weighted by molar-refractivity contribution is 0.397. The molecule has 0 amide bonds. The molecule has 0 atom stereocenters. The Hall–Kier alpha value is -2.48. The molecule has 0 aliphatic rings. The molecule has 1 aromatic heterocycles. The van der Waals surface area contributed by atoms with Crippen LogP contribution in [0.3, 0.4) is 0 Å². The Morgan fingerprint density at radius 1 is 1.32 bits per heavy atom. The zero-order valence-corrected chi connectivity index (χ0v) is 11.0. The smallest absolute Gasteiger partial charge is 0.194 e. The van der Waals surface area contributed by atoms with E-state index in [-0.39, 0.29) is 11.8 Å². The van der Waals surface area contributed by atoms with Crippen molar-refractivity contribution >= 4 is 10.9 Å². The molecule has 19 heavy (non-hydrogen) atoms. The number of pyridine rings is 1. The highest BCUT2D eigenvalue weighted by Gasteiger charge is 2.13. The molecule has 0 bridgehead atoms. The molecule has 0 spiro atoms. The van der Waals surface area contributed by atoms with E-state index in [0.717, 1.165) is 0 Å². The van der Waals surface area contributed by atoms with E-state index in [2.05, 4.69) is 4.98 Å². The van der Waals surface area contributed by atoms with Gasteiger partial charge in [-0.2, -0.15) is 5.26 Å². The van der Waals surface area contributed by atoms with E-state index in [1.165, 1.54) is 14.2 Å². The zero-order chi connectivity index (χ0) is 14.0. The van der Waals surface area contributed by atoms with Crippen LogP contribution in [0.4, 0.5) is 0 Å². The van der Waals surface area contributed by atoms with E-state index in [1.807, 2.05) is 6.07 Å². The fourth-order valence-corrected chi connectivity index (χ4v) is 2.06. The van der Waals surface area contributed by atoms with E-state index in [1.54, 1.807) is 19.1 Å². The maximum atomic E-state index is 12.4. The first-order chi connectivity index (χ1) is 9.12. The molecule has 1 N–H and O–H groups in total. The molecule has 2 rings (SSSR count). The van der Waals surface area contributed by atoms with E-state index in [9.17, 15) is 4.79 Å². The standard InChI is InChI=1S/C14H14N2O3/c1-8-10(4-5-15)14(17)11-6-9(18-2)7-12(19-3)13(11)16-8/h6-7H,4H2,1-3H3,(H,16,17). The fraction of sp³-hybridized carbons (Fsp3) is 0.286. The van der Waals surface area contributed by atoms with Gasteiger partial charge in [0.1, 0.15) is 11.5 Å². The van der Waals surface area contributed by atoms with Crippen LogP contribution in [0.25, 0.3) is 10.9 Å². The Morgan fingerprint density at radius 2 is 2.05 bits per heavy atom. The fourth-order valence-electron chi connectivity index (χ4n) is 2.06. The zero-order valence-electron chi connectivity index (χ0n) is 11.0. The minimum absolute atomic E-state index is 0.0800. The highest BCUT2D eigenvalue weighted by Crippen LogP contribution is 2.28. The largest absolute Gasteiger partial charge is 0.497 e. The van der Waals surface area contributed by atoms with Crippen LogP contribution in [-0.4, -0.2) is 19.2 Å². The number of aryl methyl sites for hydroxylation is 1. The average Bonchev–Trinajstić information content (AvgIpc) is 2.42. The van der Waals surface area contributed by atoms with Crippen LogP contribution in [0, 0.1) is 18.3 Å². The van der Waals surface area contributed by atoms with Gasteiger partial charge in [0.15, 0.2) is 5.43 Å². The first-order valence-electron chi connectivity index (χ1n) is 5.76. The van der Waals surface area contributed by atoms with Crippen molar-refractivity contribution in [1.29, 1.82) is 5.26 Å². The van der Waals surface area contributed by atoms with Gasteiger partial charge in [-0.1, -0.05) is 0 Å². The molecule has 2 aromatic rings. The van der Waals surface area contributed by atoms with Gasteiger partial charge in [0.25, 0.3) is 0 Å².